The number of benzene rings is 1. The van der Waals surface area contributed by atoms with Crippen LogP contribution in [0.25, 0.3) is 0 Å². The molecule has 1 amide bonds. The summed E-state index contributed by atoms with van der Waals surface area (Å²) < 4.78 is 0. The van der Waals surface area contributed by atoms with Crippen LogP contribution in [0.1, 0.15) is 12.8 Å². The van der Waals surface area contributed by atoms with Crippen molar-refractivity contribution < 1.29 is 4.79 Å². The maximum Gasteiger partial charge on any atom is 0.234 e. The molecular weight excluding hydrogens is 276 g/mol. The van der Waals surface area contributed by atoms with Gasteiger partial charge in [-0.2, -0.15) is 0 Å². The van der Waals surface area contributed by atoms with E-state index >= 15 is 0 Å². The Labute approximate surface area is 123 Å². The van der Waals surface area contributed by atoms with E-state index < -0.39 is 0 Å². The number of carbonyl (C=O) groups is 1. The lowest BCUT2D eigenvalue weighted by Gasteiger charge is -2.21. The number of nitrogens with one attached hydrogen (secondary N) is 2. The summed E-state index contributed by atoms with van der Waals surface area (Å²) in [5.41, 5.74) is 0.891. The minimum atomic E-state index is 0.0989. The molecule has 1 aromatic carbocycles. The highest BCUT2D eigenvalue weighted by molar-refractivity contribution is 8.00. The fourth-order valence-electron chi connectivity index (χ4n) is 2.05. The molecule has 0 radical (unpaired) electrons. The summed E-state index contributed by atoms with van der Waals surface area (Å²) in [4.78, 5) is 13.1. The van der Waals surface area contributed by atoms with Crippen molar-refractivity contribution in [2.75, 3.05) is 30.4 Å². The van der Waals surface area contributed by atoms with Crippen LogP contribution in [0.15, 0.2) is 29.2 Å². The van der Waals surface area contributed by atoms with E-state index in [1.807, 2.05) is 30.5 Å². The van der Waals surface area contributed by atoms with Gasteiger partial charge in [-0.3, -0.25) is 4.79 Å². The van der Waals surface area contributed by atoms with Gasteiger partial charge in [-0.25, -0.2) is 0 Å². The zero-order valence-electron chi connectivity index (χ0n) is 11.1. The van der Waals surface area contributed by atoms with Crippen molar-refractivity contribution in [3.05, 3.63) is 24.3 Å². The number of rotatable bonds is 5. The predicted octanol–water partition coefficient (Wildman–Crippen LogP) is 2.83. The van der Waals surface area contributed by atoms with Gasteiger partial charge in [0.1, 0.15) is 0 Å². The van der Waals surface area contributed by atoms with Crippen LogP contribution in [0.4, 0.5) is 5.69 Å². The van der Waals surface area contributed by atoms with Crippen LogP contribution in [0.3, 0.4) is 0 Å². The Morgan fingerprint density at radius 1 is 1.42 bits per heavy atom. The van der Waals surface area contributed by atoms with Crippen LogP contribution in [-0.4, -0.2) is 36.3 Å². The minimum Gasteiger partial charge on any atom is -0.325 e. The lowest BCUT2D eigenvalue weighted by atomic mass is 10.2. The van der Waals surface area contributed by atoms with E-state index in [1.54, 1.807) is 23.5 Å². The number of piperidine rings is 1. The Morgan fingerprint density at radius 2 is 2.21 bits per heavy atom. The summed E-state index contributed by atoms with van der Waals surface area (Å²) in [5, 5.41) is 6.94. The zero-order chi connectivity index (χ0) is 13.5. The number of amides is 1. The van der Waals surface area contributed by atoms with Gasteiger partial charge in [0.05, 0.1) is 5.75 Å². The molecule has 0 spiro atoms. The Kier molecular flexibility index (Phi) is 6.07. The lowest BCUT2D eigenvalue weighted by Crippen LogP contribution is -2.30. The Hall–Kier alpha value is -0.650. The van der Waals surface area contributed by atoms with Gasteiger partial charge in [0.2, 0.25) is 5.91 Å². The summed E-state index contributed by atoms with van der Waals surface area (Å²) in [6, 6.07) is 7.97. The van der Waals surface area contributed by atoms with Gasteiger partial charge < -0.3 is 10.6 Å². The molecule has 1 aliphatic rings. The molecule has 0 atom stereocenters. The minimum absolute atomic E-state index is 0.0989. The van der Waals surface area contributed by atoms with Crippen molar-refractivity contribution in [1.29, 1.82) is 0 Å². The SMILES string of the molecule is CSc1cccc(NC(=O)CSC2CCNCC2)c1. The molecule has 0 unspecified atom stereocenters. The van der Waals surface area contributed by atoms with Crippen LogP contribution in [0, 0.1) is 0 Å². The Balaban J connectivity index is 1.76. The van der Waals surface area contributed by atoms with Gasteiger partial charge in [0.25, 0.3) is 0 Å². The number of anilines is 1. The van der Waals surface area contributed by atoms with Crippen LogP contribution >= 0.6 is 23.5 Å². The molecule has 1 fully saturated rings. The fraction of sp³-hybridized carbons (Fsp3) is 0.500. The zero-order valence-corrected chi connectivity index (χ0v) is 12.8. The van der Waals surface area contributed by atoms with E-state index in [2.05, 4.69) is 10.6 Å². The summed E-state index contributed by atoms with van der Waals surface area (Å²) in [6.45, 7) is 2.16. The highest BCUT2D eigenvalue weighted by Crippen LogP contribution is 2.21. The molecule has 0 saturated carbocycles. The smallest absolute Gasteiger partial charge is 0.234 e. The van der Waals surface area contributed by atoms with E-state index in [0.717, 1.165) is 18.8 Å². The number of carbonyl (C=O) groups excluding carboxylic acids is 1. The van der Waals surface area contributed by atoms with Gasteiger partial charge in [0.15, 0.2) is 0 Å². The van der Waals surface area contributed by atoms with Crippen LogP contribution in [0.2, 0.25) is 0 Å². The first kappa shape index (κ1) is 14.8. The van der Waals surface area contributed by atoms with Crippen molar-refractivity contribution in [2.24, 2.45) is 0 Å². The first-order chi connectivity index (χ1) is 9.28. The first-order valence-corrected chi connectivity index (χ1v) is 8.81. The molecule has 1 aliphatic heterocycles. The topological polar surface area (TPSA) is 41.1 Å². The summed E-state index contributed by atoms with van der Waals surface area (Å²) in [5.74, 6) is 0.649. The second kappa shape index (κ2) is 7.82. The maximum absolute atomic E-state index is 11.9. The Bertz CT molecular complexity index is 420. The number of hydrogen-bond acceptors (Lipinski definition) is 4. The van der Waals surface area contributed by atoms with Gasteiger partial charge in [-0.05, 0) is 50.4 Å². The first-order valence-electron chi connectivity index (χ1n) is 6.54. The van der Waals surface area contributed by atoms with Crippen molar-refractivity contribution in [3.63, 3.8) is 0 Å². The van der Waals surface area contributed by atoms with Gasteiger partial charge in [0, 0.05) is 15.8 Å². The molecule has 104 valence electrons. The Morgan fingerprint density at radius 3 is 2.95 bits per heavy atom. The molecule has 0 aliphatic carbocycles. The monoisotopic (exact) mass is 296 g/mol. The van der Waals surface area contributed by atoms with E-state index in [1.165, 1.54) is 17.7 Å². The average molecular weight is 296 g/mol. The lowest BCUT2D eigenvalue weighted by molar-refractivity contribution is -0.113. The van der Waals surface area contributed by atoms with Crippen molar-refractivity contribution in [3.8, 4) is 0 Å². The van der Waals surface area contributed by atoms with Gasteiger partial charge in [-0.15, -0.1) is 23.5 Å². The van der Waals surface area contributed by atoms with Gasteiger partial charge >= 0.3 is 0 Å². The van der Waals surface area contributed by atoms with Gasteiger partial charge in [-0.1, -0.05) is 6.07 Å². The van der Waals surface area contributed by atoms with E-state index in [4.69, 9.17) is 0 Å². The molecule has 0 bridgehead atoms. The molecule has 1 heterocycles. The van der Waals surface area contributed by atoms with Crippen molar-refractivity contribution in [1.82, 2.24) is 5.32 Å². The molecule has 1 saturated heterocycles. The molecule has 1 aromatic rings. The third-order valence-corrected chi connectivity index (χ3v) is 5.19. The van der Waals surface area contributed by atoms with E-state index in [9.17, 15) is 4.79 Å². The molecule has 2 N–H and O–H groups in total. The van der Waals surface area contributed by atoms with Crippen LogP contribution in [-0.2, 0) is 4.79 Å². The third kappa shape index (κ3) is 5.09. The predicted molar refractivity (Wildman–Crippen MR) is 85.2 cm³/mol. The maximum atomic E-state index is 11.9. The van der Waals surface area contributed by atoms with Crippen LogP contribution in [0.5, 0.6) is 0 Å². The second-order valence-corrected chi connectivity index (χ2v) is 6.71. The molecule has 2 rings (SSSR count). The largest absolute Gasteiger partial charge is 0.325 e. The standard InChI is InChI=1S/C14H20N2OS2/c1-18-13-4-2-3-11(9-13)16-14(17)10-19-12-5-7-15-8-6-12/h2-4,9,12,15H,5-8,10H2,1H3,(H,16,17). The summed E-state index contributed by atoms with van der Waals surface area (Å²) in [7, 11) is 0. The summed E-state index contributed by atoms with van der Waals surface area (Å²) >= 11 is 3.46. The van der Waals surface area contributed by atoms with E-state index in [-0.39, 0.29) is 5.91 Å². The average Bonchev–Trinajstić information content (AvgIpc) is 2.46. The molecule has 5 heteroatoms. The summed E-state index contributed by atoms with van der Waals surface area (Å²) in [6.07, 6.45) is 4.37. The van der Waals surface area contributed by atoms with Crippen molar-refractivity contribution in [2.45, 2.75) is 23.0 Å². The van der Waals surface area contributed by atoms with Crippen molar-refractivity contribution >= 4 is 35.1 Å². The highest BCUT2D eigenvalue weighted by Gasteiger charge is 2.14. The van der Waals surface area contributed by atoms with Crippen LogP contribution < -0.4 is 10.6 Å². The highest BCUT2D eigenvalue weighted by atomic mass is 32.2. The number of thioether (sulfide) groups is 2. The molecule has 3 nitrogen and oxygen atoms in total. The molecule has 0 aromatic heterocycles. The third-order valence-electron chi connectivity index (χ3n) is 3.09. The quantitative estimate of drug-likeness (QED) is 0.820. The molecule has 19 heavy (non-hydrogen) atoms. The fourth-order valence-corrected chi connectivity index (χ4v) is 3.54. The normalized spacial score (nSPS) is 16.3. The van der Waals surface area contributed by atoms with E-state index in [0.29, 0.717) is 11.0 Å². The number of hydrogen-bond donors (Lipinski definition) is 2. The molecular formula is C14H20N2OS2. The second-order valence-electron chi connectivity index (χ2n) is 4.54.